The summed E-state index contributed by atoms with van der Waals surface area (Å²) in [5.74, 6) is 0.419. The lowest BCUT2D eigenvalue weighted by Crippen LogP contribution is -2.45. The average Bonchev–Trinajstić information content (AvgIpc) is 2.56. The molecule has 0 aromatic heterocycles. The van der Waals surface area contributed by atoms with Crippen LogP contribution in [0.15, 0.2) is 18.2 Å². The number of amides is 1. The molecular formula is C16H23Cl2N3O4. The molecule has 2 rings (SSSR count). The number of benzene rings is 1. The molecule has 1 aliphatic rings. The predicted octanol–water partition coefficient (Wildman–Crippen LogP) is 3.02. The van der Waals surface area contributed by atoms with Gasteiger partial charge in [0.15, 0.2) is 5.75 Å². The van der Waals surface area contributed by atoms with E-state index in [1.165, 1.54) is 18.2 Å². The number of nitrogens with two attached hydrogens (primary N) is 1. The summed E-state index contributed by atoms with van der Waals surface area (Å²) in [7, 11) is 0. The van der Waals surface area contributed by atoms with Gasteiger partial charge in [0.2, 0.25) is 5.91 Å². The lowest BCUT2D eigenvalue weighted by atomic mass is 9.92. The van der Waals surface area contributed by atoms with Crippen molar-refractivity contribution in [1.82, 2.24) is 4.90 Å². The van der Waals surface area contributed by atoms with Crippen LogP contribution in [0.3, 0.4) is 0 Å². The van der Waals surface area contributed by atoms with Crippen molar-refractivity contribution >= 4 is 35.6 Å². The maximum Gasteiger partial charge on any atom is 0.312 e. The smallest absolute Gasteiger partial charge is 0.312 e. The second-order valence-corrected chi connectivity index (χ2v) is 6.51. The third kappa shape index (κ3) is 6.02. The monoisotopic (exact) mass is 391 g/mol. The molecule has 9 heteroatoms. The highest BCUT2D eigenvalue weighted by atomic mass is 35.5. The topological polar surface area (TPSA) is 98.7 Å². The Balaban J connectivity index is 0.00000312. The highest BCUT2D eigenvalue weighted by molar-refractivity contribution is 6.30. The van der Waals surface area contributed by atoms with E-state index in [9.17, 15) is 14.9 Å². The zero-order valence-corrected chi connectivity index (χ0v) is 15.6. The molecule has 1 aromatic carbocycles. The van der Waals surface area contributed by atoms with Gasteiger partial charge in [0.05, 0.1) is 18.0 Å². The normalized spacial score (nSPS) is 18.2. The molecule has 140 valence electrons. The first kappa shape index (κ1) is 21.5. The van der Waals surface area contributed by atoms with Crippen molar-refractivity contribution in [2.24, 2.45) is 11.7 Å². The lowest BCUT2D eigenvalue weighted by Gasteiger charge is -2.34. The summed E-state index contributed by atoms with van der Waals surface area (Å²) in [6.07, 6.45) is 2.15. The first-order valence-corrected chi connectivity index (χ1v) is 8.36. The average molecular weight is 392 g/mol. The van der Waals surface area contributed by atoms with E-state index < -0.39 is 4.92 Å². The molecular weight excluding hydrogens is 369 g/mol. The molecule has 1 fully saturated rings. The van der Waals surface area contributed by atoms with E-state index in [2.05, 4.69) is 0 Å². The number of hydrogen-bond acceptors (Lipinski definition) is 5. The fourth-order valence-electron chi connectivity index (χ4n) is 2.83. The van der Waals surface area contributed by atoms with Crippen LogP contribution < -0.4 is 10.5 Å². The van der Waals surface area contributed by atoms with Crippen molar-refractivity contribution in [2.45, 2.75) is 32.2 Å². The molecule has 1 heterocycles. The van der Waals surface area contributed by atoms with E-state index in [1.807, 2.05) is 6.92 Å². The number of halogens is 2. The second kappa shape index (κ2) is 9.79. The second-order valence-electron chi connectivity index (χ2n) is 6.07. The Labute approximate surface area is 158 Å². The number of nitro groups is 1. The van der Waals surface area contributed by atoms with Crippen molar-refractivity contribution in [3.05, 3.63) is 33.3 Å². The molecule has 1 saturated heterocycles. The molecule has 1 aliphatic heterocycles. The van der Waals surface area contributed by atoms with Gasteiger partial charge in [-0.25, -0.2) is 0 Å². The molecule has 0 aliphatic carbocycles. The molecule has 2 unspecified atom stereocenters. The van der Waals surface area contributed by atoms with Gasteiger partial charge in [-0.1, -0.05) is 11.6 Å². The minimum absolute atomic E-state index is 0. The summed E-state index contributed by atoms with van der Waals surface area (Å²) in [6, 6.07) is 4.26. The number of hydrogen-bond donors (Lipinski definition) is 1. The minimum atomic E-state index is -0.555. The summed E-state index contributed by atoms with van der Waals surface area (Å²) in [6.45, 7) is 3.43. The number of piperidine rings is 1. The van der Waals surface area contributed by atoms with E-state index in [0.717, 1.165) is 19.4 Å². The van der Waals surface area contributed by atoms with E-state index in [4.69, 9.17) is 22.1 Å². The maximum absolute atomic E-state index is 12.3. The first-order valence-electron chi connectivity index (χ1n) is 7.98. The molecule has 1 aromatic rings. The third-order valence-electron chi connectivity index (χ3n) is 4.25. The van der Waals surface area contributed by atoms with Crippen LogP contribution in [0, 0.1) is 16.0 Å². The number of nitro benzene ring substituents is 1. The van der Waals surface area contributed by atoms with Crippen LogP contribution in [0.25, 0.3) is 0 Å². The Morgan fingerprint density at radius 2 is 2.28 bits per heavy atom. The molecule has 7 nitrogen and oxygen atoms in total. The number of carbonyl (C=O) groups excluding carboxylic acids is 1. The Bertz CT molecular complexity index is 613. The zero-order valence-electron chi connectivity index (χ0n) is 14.0. The van der Waals surface area contributed by atoms with Gasteiger partial charge < -0.3 is 15.4 Å². The van der Waals surface area contributed by atoms with Crippen LogP contribution in [0.2, 0.25) is 5.02 Å². The standard InChI is InChI=1S/C16H22ClN3O4.ClH/c1-11(18)12-3-2-7-19(10-12)16(21)6-8-24-15-5-4-13(17)9-14(15)20(22)23;/h4-5,9,11-12H,2-3,6-8,10,18H2,1H3;1H. The Morgan fingerprint density at radius 3 is 2.92 bits per heavy atom. The Hall–Kier alpha value is -1.57. The van der Waals surface area contributed by atoms with Gasteiger partial charge in [0, 0.05) is 30.2 Å². The van der Waals surface area contributed by atoms with Crippen LogP contribution in [-0.4, -0.2) is 41.5 Å². The van der Waals surface area contributed by atoms with Gasteiger partial charge in [-0.3, -0.25) is 14.9 Å². The van der Waals surface area contributed by atoms with E-state index in [1.54, 1.807) is 4.90 Å². The van der Waals surface area contributed by atoms with Crippen molar-refractivity contribution in [2.75, 3.05) is 19.7 Å². The number of carbonyl (C=O) groups is 1. The van der Waals surface area contributed by atoms with Crippen LogP contribution in [-0.2, 0) is 4.79 Å². The maximum atomic E-state index is 12.3. The van der Waals surface area contributed by atoms with E-state index in [-0.39, 0.29) is 53.8 Å². The fraction of sp³-hybridized carbons (Fsp3) is 0.562. The van der Waals surface area contributed by atoms with Crippen molar-refractivity contribution in [3.8, 4) is 5.75 Å². The number of nitrogens with zero attached hydrogens (tertiary/aromatic N) is 2. The summed E-state index contributed by atoms with van der Waals surface area (Å²) in [5.41, 5.74) is 5.72. The van der Waals surface area contributed by atoms with Gasteiger partial charge in [-0.05, 0) is 37.8 Å². The van der Waals surface area contributed by atoms with E-state index >= 15 is 0 Å². The fourth-order valence-corrected chi connectivity index (χ4v) is 2.99. The van der Waals surface area contributed by atoms with Crippen LogP contribution in [0.4, 0.5) is 5.69 Å². The molecule has 0 radical (unpaired) electrons. The number of ether oxygens (including phenoxy) is 1. The molecule has 0 saturated carbocycles. The van der Waals surface area contributed by atoms with Crippen LogP contribution in [0.1, 0.15) is 26.2 Å². The van der Waals surface area contributed by atoms with Crippen molar-refractivity contribution in [3.63, 3.8) is 0 Å². The van der Waals surface area contributed by atoms with E-state index in [0.29, 0.717) is 12.5 Å². The molecule has 2 N–H and O–H groups in total. The van der Waals surface area contributed by atoms with Gasteiger partial charge in [0.1, 0.15) is 0 Å². The molecule has 2 atom stereocenters. The Morgan fingerprint density at radius 1 is 1.56 bits per heavy atom. The predicted molar refractivity (Wildman–Crippen MR) is 98.4 cm³/mol. The highest BCUT2D eigenvalue weighted by Gasteiger charge is 2.25. The first-order chi connectivity index (χ1) is 11.4. The molecule has 0 spiro atoms. The van der Waals surface area contributed by atoms with Gasteiger partial charge in [-0.2, -0.15) is 0 Å². The lowest BCUT2D eigenvalue weighted by molar-refractivity contribution is -0.385. The summed E-state index contributed by atoms with van der Waals surface area (Å²) in [5, 5.41) is 11.3. The van der Waals surface area contributed by atoms with Gasteiger partial charge in [0.25, 0.3) is 0 Å². The molecule has 25 heavy (non-hydrogen) atoms. The van der Waals surface area contributed by atoms with Crippen molar-refractivity contribution in [1.29, 1.82) is 0 Å². The largest absolute Gasteiger partial charge is 0.486 e. The number of rotatable bonds is 6. The van der Waals surface area contributed by atoms with Gasteiger partial charge in [-0.15, -0.1) is 12.4 Å². The highest BCUT2D eigenvalue weighted by Crippen LogP contribution is 2.30. The summed E-state index contributed by atoms with van der Waals surface area (Å²) < 4.78 is 5.42. The summed E-state index contributed by atoms with van der Waals surface area (Å²) in [4.78, 5) is 24.5. The Kier molecular flexibility index (Phi) is 8.41. The summed E-state index contributed by atoms with van der Waals surface area (Å²) >= 11 is 5.76. The molecule has 1 amide bonds. The zero-order chi connectivity index (χ0) is 17.7. The van der Waals surface area contributed by atoms with Crippen LogP contribution >= 0.6 is 24.0 Å². The molecule has 0 bridgehead atoms. The van der Waals surface area contributed by atoms with Crippen LogP contribution in [0.5, 0.6) is 5.75 Å². The van der Waals surface area contributed by atoms with Gasteiger partial charge >= 0.3 is 5.69 Å². The third-order valence-corrected chi connectivity index (χ3v) is 4.48. The SMILES string of the molecule is CC(N)C1CCCN(C(=O)CCOc2ccc(Cl)cc2[N+](=O)[O-])C1.Cl. The minimum Gasteiger partial charge on any atom is -0.486 e. The number of likely N-dealkylation sites (tertiary alicyclic amines) is 1. The quantitative estimate of drug-likeness (QED) is 0.593. The van der Waals surface area contributed by atoms with Crippen molar-refractivity contribution < 1.29 is 14.5 Å².